The fourth-order valence-corrected chi connectivity index (χ4v) is 3.99. The molecule has 29 heavy (non-hydrogen) atoms. The van der Waals surface area contributed by atoms with Crippen molar-refractivity contribution in [2.75, 3.05) is 31.9 Å². The molecule has 8 heteroatoms. The Bertz CT molecular complexity index is 958. The van der Waals surface area contributed by atoms with Crippen molar-refractivity contribution in [3.8, 4) is 11.5 Å². The molecule has 0 saturated carbocycles. The number of piperazine rings is 1. The minimum absolute atomic E-state index is 0.159. The van der Waals surface area contributed by atoms with E-state index in [-0.39, 0.29) is 11.7 Å². The van der Waals surface area contributed by atoms with Crippen LogP contribution in [0.1, 0.15) is 5.82 Å². The molecule has 1 aliphatic rings. The fraction of sp³-hybridized carbons (Fsp3) is 0.286. The Morgan fingerprint density at radius 1 is 1.07 bits per heavy atom. The van der Waals surface area contributed by atoms with Crippen molar-refractivity contribution in [1.29, 1.82) is 0 Å². The third kappa shape index (κ3) is 5.21. The summed E-state index contributed by atoms with van der Waals surface area (Å²) in [4.78, 5) is 22.0. The zero-order chi connectivity index (χ0) is 20.1. The summed E-state index contributed by atoms with van der Waals surface area (Å²) in [6, 6.07) is 16.0. The number of amides is 1. The number of benzene rings is 2. The third-order valence-electron chi connectivity index (χ3n) is 4.74. The van der Waals surface area contributed by atoms with Crippen LogP contribution in [0.2, 0.25) is 0 Å². The highest BCUT2D eigenvalue weighted by Crippen LogP contribution is 2.20. The average Bonchev–Trinajstić information content (AvgIpc) is 3.22. The number of hydrogen-bond acceptors (Lipinski definition) is 6. The number of thioether (sulfide) groups is 1. The van der Waals surface area contributed by atoms with E-state index >= 15 is 0 Å². The van der Waals surface area contributed by atoms with E-state index in [2.05, 4.69) is 15.0 Å². The smallest absolute Gasteiger partial charge is 0.258 e. The molecule has 0 unspecified atom stereocenters. The molecule has 0 spiro atoms. The van der Waals surface area contributed by atoms with Gasteiger partial charge in [-0.2, -0.15) is 4.98 Å². The third-order valence-corrected chi connectivity index (χ3v) is 5.73. The first-order valence-electron chi connectivity index (χ1n) is 9.44. The van der Waals surface area contributed by atoms with Crippen LogP contribution in [0.25, 0.3) is 11.5 Å². The highest BCUT2D eigenvalue weighted by Gasteiger charge is 2.22. The van der Waals surface area contributed by atoms with E-state index in [1.54, 1.807) is 23.9 Å². The number of rotatable bonds is 6. The van der Waals surface area contributed by atoms with Crippen LogP contribution < -0.4 is 0 Å². The van der Waals surface area contributed by atoms with Gasteiger partial charge in [0.2, 0.25) is 5.91 Å². The lowest BCUT2D eigenvalue weighted by molar-refractivity contribution is -0.130. The number of aromatic nitrogens is 2. The van der Waals surface area contributed by atoms with E-state index in [9.17, 15) is 9.18 Å². The van der Waals surface area contributed by atoms with Crippen LogP contribution in [0.15, 0.2) is 64.0 Å². The molecular weight excluding hydrogens is 391 g/mol. The van der Waals surface area contributed by atoms with Crippen molar-refractivity contribution in [2.24, 2.45) is 0 Å². The van der Waals surface area contributed by atoms with E-state index in [1.165, 1.54) is 12.1 Å². The van der Waals surface area contributed by atoms with E-state index in [1.807, 2.05) is 35.2 Å². The predicted molar refractivity (Wildman–Crippen MR) is 109 cm³/mol. The molecule has 4 rings (SSSR count). The van der Waals surface area contributed by atoms with Crippen LogP contribution in [0.5, 0.6) is 0 Å². The Kier molecular flexibility index (Phi) is 6.21. The SMILES string of the molecule is O=C(CSc1ccccc1)N1CCN(Cc2noc(-c3cccc(F)c3)n2)CC1. The molecule has 1 aromatic heterocycles. The molecule has 150 valence electrons. The number of halogens is 1. The maximum atomic E-state index is 13.4. The topological polar surface area (TPSA) is 62.5 Å². The number of nitrogens with zero attached hydrogens (tertiary/aromatic N) is 4. The molecule has 0 radical (unpaired) electrons. The molecule has 6 nitrogen and oxygen atoms in total. The highest BCUT2D eigenvalue weighted by atomic mass is 32.2. The zero-order valence-electron chi connectivity index (χ0n) is 15.8. The summed E-state index contributed by atoms with van der Waals surface area (Å²) < 4.78 is 18.6. The van der Waals surface area contributed by atoms with Gasteiger partial charge in [0.25, 0.3) is 5.89 Å². The van der Waals surface area contributed by atoms with E-state index in [0.29, 0.717) is 42.7 Å². The van der Waals surface area contributed by atoms with Crippen LogP contribution in [-0.2, 0) is 11.3 Å². The Balaban J connectivity index is 1.25. The maximum absolute atomic E-state index is 13.4. The van der Waals surface area contributed by atoms with E-state index in [0.717, 1.165) is 18.0 Å². The zero-order valence-corrected chi connectivity index (χ0v) is 16.6. The standard InChI is InChI=1S/C21H21FN4O2S/c22-17-6-4-5-16(13-17)21-23-19(24-28-21)14-25-9-11-26(12-10-25)20(27)15-29-18-7-2-1-3-8-18/h1-8,13H,9-12,14-15H2. The van der Waals surface area contributed by atoms with Crippen molar-refractivity contribution in [1.82, 2.24) is 19.9 Å². The van der Waals surface area contributed by atoms with Gasteiger partial charge >= 0.3 is 0 Å². The monoisotopic (exact) mass is 412 g/mol. The predicted octanol–water partition coefficient (Wildman–Crippen LogP) is 3.31. The van der Waals surface area contributed by atoms with Crippen molar-refractivity contribution in [3.05, 3.63) is 66.2 Å². The normalized spacial score (nSPS) is 14.9. The molecule has 2 aromatic carbocycles. The summed E-state index contributed by atoms with van der Waals surface area (Å²) in [5.74, 6) is 1.14. The Morgan fingerprint density at radius 3 is 2.62 bits per heavy atom. The largest absolute Gasteiger partial charge is 0.339 e. The van der Waals surface area contributed by atoms with E-state index in [4.69, 9.17) is 4.52 Å². The van der Waals surface area contributed by atoms with Gasteiger partial charge in [-0.25, -0.2) is 4.39 Å². The minimum atomic E-state index is -0.339. The molecule has 1 amide bonds. The van der Waals surface area contributed by atoms with Gasteiger partial charge in [-0.05, 0) is 30.3 Å². The van der Waals surface area contributed by atoms with Crippen molar-refractivity contribution < 1.29 is 13.7 Å². The van der Waals surface area contributed by atoms with Gasteiger partial charge in [-0.1, -0.05) is 29.4 Å². The summed E-state index contributed by atoms with van der Waals surface area (Å²) in [5.41, 5.74) is 0.565. The Hall–Kier alpha value is -2.71. The van der Waals surface area contributed by atoms with Gasteiger partial charge < -0.3 is 9.42 Å². The average molecular weight is 412 g/mol. The molecule has 1 fully saturated rings. The van der Waals surface area contributed by atoms with Gasteiger partial charge in [0.1, 0.15) is 5.82 Å². The lowest BCUT2D eigenvalue weighted by atomic mass is 10.2. The van der Waals surface area contributed by atoms with Gasteiger partial charge in [0.05, 0.1) is 12.3 Å². The second-order valence-electron chi connectivity index (χ2n) is 6.78. The summed E-state index contributed by atoms with van der Waals surface area (Å²) >= 11 is 1.56. The van der Waals surface area contributed by atoms with Gasteiger partial charge in [-0.3, -0.25) is 9.69 Å². The molecular formula is C21H21FN4O2S. The second kappa shape index (κ2) is 9.19. The quantitative estimate of drug-likeness (QED) is 0.579. The first-order valence-corrected chi connectivity index (χ1v) is 10.4. The Labute approximate surface area is 172 Å². The highest BCUT2D eigenvalue weighted by molar-refractivity contribution is 8.00. The van der Waals surface area contributed by atoms with Crippen molar-refractivity contribution >= 4 is 17.7 Å². The lowest BCUT2D eigenvalue weighted by Crippen LogP contribution is -2.48. The molecule has 3 aromatic rings. The van der Waals surface area contributed by atoms with Crippen LogP contribution in [0.4, 0.5) is 4.39 Å². The Morgan fingerprint density at radius 2 is 1.86 bits per heavy atom. The molecule has 2 heterocycles. The first-order chi connectivity index (χ1) is 14.2. The van der Waals surface area contributed by atoms with Crippen molar-refractivity contribution in [3.63, 3.8) is 0 Å². The number of carbonyl (C=O) groups is 1. The lowest BCUT2D eigenvalue weighted by Gasteiger charge is -2.34. The van der Waals surface area contributed by atoms with Crippen LogP contribution in [0.3, 0.4) is 0 Å². The molecule has 0 aliphatic carbocycles. The summed E-state index contributed by atoms with van der Waals surface area (Å²) in [5, 5.41) is 4.00. The van der Waals surface area contributed by atoms with Gasteiger partial charge in [0, 0.05) is 36.6 Å². The summed E-state index contributed by atoms with van der Waals surface area (Å²) in [6.07, 6.45) is 0. The van der Waals surface area contributed by atoms with E-state index < -0.39 is 0 Å². The maximum Gasteiger partial charge on any atom is 0.258 e. The summed E-state index contributed by atoms with van der Waals surface area (Å²) in [6.45, 7) is 3.42. The minimum Gasteiger partial charge on any atom is -0.339 e. The van der Waals surface area contributed by atoms with Crippen LogP contribution in [-0.4, -0.2) is 57.8 Å². The second-order valence-corrected chi connectivity index (χ2v) is 7.83. The number of hydrogen-bond donors (Lipinski definition) is 0. The molecule has 0 bridgehead atoms. The van der Waals surface area contributed by atoms with Crippen LogP contribution >= 0.6 is 11.8 Å². The van der Waals surface area contributed by atoms with Gasteiger partial charge in [-0.15, -0.1) is 11.8 Å². The van der Waals surface area contributed by atoms with Crippen LogP contribution in [0, 0.1) is 5.82 Å². The van der Waals surface area contributed by atoms with Gasteiger partial charge in [0.15, 0.2) is 5.82 Å². The fourth-order valence-electron chi connectivity index (χ4n) is 3.17. The first kappa shape index (κ1) is 19.6. The van der Waals surface area contributed by atoms with Crippen molar-refractivity contribution in [2.45, 2.75) is 11.4 Å². The molecule has 1 aliphatic heterocycles. The molecule has 0 atom stereocenters. The molecule has 1 saturated heterocycles. The summed E-state index contributed by atoms with van der Waals surface area (Å²) in [7, 11) is 0. The number of carbonyl (C=O) groups excluding carboxylic acids is 1. The molecule has 0 N–H and O–H groups in total.